The second kappa shape index (κ2) is 4.55. The Kier molecular flexibility index (Phi) is 3.65. The summed E-state index contributed by atoms with van der Waals surface area (Å²) in [5.74, 6) is -0.248. The molecule has 1 amide bonds. The van der Waals surface area contributed by atoms with Crippen LogP contribution in [0, 0.1) is 0 Å². The third-order valence-corrected chi connectivity index (χ3v) is 2.07. The summed E-state index contributed by atoms with van der Waals surface area (Å²) < 4.78 is 5.29. The van der Waals surface area contributed by atoms with Gasteiger partial charge in [-0.15, -0.1) is 0 Å². The molecule has 1 heterocycles. The van der Waals surface area contributed by atoms with Gasteiger partial charge in [0.2, 0.25) is 0 Å². The maximum Gasteiger partial charge on any atom is 0.251 e. The van der Waals surface area contributed by atoms with E-state index in [1.165, 1.54) is 6.92 Å². The van der Waals surface area contributed by atoms with Gasteiger partial charge in [-0.1, -0.05) is 0 Å². The van der Waals surface area contributed by atoms with Gasteiger partial charge in [0.05, 0.1) is 12.7 Å². The maximum absolute atomic E-state index is 11.3. The van der Waals surface area contributed by atoms with Crippen molar-refractivity contribution in [3.05, 3.63) is 0 Å². The number of aliphatic hydroxyl groups is 1. The topological polar surface area (TPSA) is 75.8 Å². The number of rotatable bonds is 2. The summed E-state index contributed by atoms with van der Waals surface area (Å²) in [7, 11) is 0. The number of nitrogens with zero attached hydrogens (tertiary/aromatic N) is 1. The first-order chi connectivity index (χ1) is 6.15. The van der Waals surface area contributed by atoms with E-state index in [-0.39, 0.29) is 12.0 Å². The normalized spacial score (nSPS) is 25.8. The van der Waals surface area contributed by atoms with Crippen molar-refractivity contribution >= 4 is 5.91 Å². The summed E-state index contributed by atoms with van der Waals surface area (Å²) in [6, 6.07) is 0. The minimum atomic E-state index is -0.934. The van der Waals surface area contributed by atoms with Crippen LogP contribution >= 0.6 is 0 Å². The van der Waals surface area contributed by atoms with Crippen molar-refractivity contribution in [3.8, 4) is 0 Å². The van der Waals surface area contributed by atoms with Crippen molar-refractivity contribution in [1.82, 2.24) is 4.90 Å². The van der Waals surface area contributed by atoms with Crippen LogP contribution in [-0.2, 0) is 9.53 Å². The largest absolute Gasteiger partial charge is 0.384 e. The number of carbonyl (C=O) groups is 1. The first-order valence-corrected chi connectivity index (χ1v) is 4.43. The highest BCUT2D eigenvalue weighted by atomic mass is 16.5. The zero-order valence-electron chi connectivity index (χ0n) is 7.77. The minimum Gasteiger partial charge on any atom is -0.384 e. The van der Waals surface area contributed by atoms with E-state index in [0.717, 1.165) is 0 Å². The standard InChI is InChI=1S/C8H16N2O3/c1-6(11)8(12)10-2-3-13-7(4-9)5-10/h6-7,11H,2-5,9H2,1H3. The Hall–Kier alpha value is -0.650. The number of ether oxygens (including phenoxy) is 1. The van der Waals surface area contributed by atoms with Crippen molar-refractivity contribution in [2.24, 2.45) is 5.73 Å². The molecule has 1 saturated heterocycles. The number of hydrogen-bond acceptors (Lipinski definition) is 4. The van der Waals surface area contributed by atoms with Gasteiger partial charge in [0.25, 0.3) is 5.91 Å². The van der Waals surface area contributed by atoms with Crippen molar-refractivity contribution < 1.29 is 14.6 Å². The van der Waals surface area contributed by atoms with Crippen LogP contribution in [0.4, 0.5) is 0 Å². The molecule has 1 rings (SSSR count). The molecule has 3 N–H and O–H groups in total. The summed E-state index contributed by atoms with van der Waals surface area (Å²) in [4.78, 5) is 12.9. The predicted octanol–water partition coefficient (Wildman–Crippen LogP) is -1.45. The predicted molar refractivity (Wildman–Crippen MR) is 47.1 cm³/mol. The van der Waals surface area contributed by atoms with Gasteiger partial charge in [-0.3, -0.25) is 4.79 Å². The smallest absolute Gasteiger partial charge is 0.251 e. The van der Waals surface area contributed by atoms with Gasteiger partial charge in [0, 0.05) is 19.6 Å². The molecule has 1 fully saturated rings. The lowest BCUT2D eigenvalue weighted by atomic mass is 10.2. The van der Waals surface area contributed by atoms with E-state index in [1.807, 2.05) is 0 Å². The lowest BCUT2D eigenvalue weighted by Gasteiger charge is -2.33. The first-order valence-electron chi connectivity index (χ1n) is 4.43. The summed E-state index contributed by atoms with van der Waals surface area (Å²) >= 11 is 0. The van der Waals surface area contributed by atoms with Crippen LogP contribution in [0.2, 0.25) is 0 Å². The fourth-order valence-electron chi connectivity index (χ4n) is 1.33. The molecule has 1 aliphatic rings. The van der Waals surface area contributed by atoms with Crippen LogP contribution in [0.15, 0.2) is 0 Å². The molecule has 0 aromatic carbocycles. The molecule has 0 bridgehead atoms. The van der Waals surface area contributed by atoms with Crippen LogP contribution in [0.5, 0.6) is 0 Å². The van der Waals surface area contributed by atoms with E-state index in [4.69, 9.17) is 15.6 Å². The summed E-state index contributed by atoms with van der Waals surface area (Å²) in [5.41, 5.74) is 5.42. The summed E-state index contributed by atoms with van der Waals surface area (Å²) in [6.07, 6.45) is -1.02. The second-order valence-electron chi connectivity index (χ2n) is 3.19. The van der Waals surface area contributed by atoms with E-state index in [0.29, 0.717) is 26.2 Å². The number of amides is 1. The van der Waals surface area contributed by atoms with E-state index < -0.39 is 6.10 Å². The highest BCUT2D eigenvalue weighted by Gasteiger charge is 2.25. The zero-order valence-corrected chi connectivity index (χ0v) is 7.77. The molecule has 2 atom stereocenters. The van der Waals surface area contributed by atoms with Crippen LogP contribution in [0.1, 0.15) is 6.92 Å². The van der Waals surface area contributed by atoms with Gasteiger partial charge in [0.15, 0.2) is 0 Å². The average Bonchev–Trinajstić information content (AvgIpc) is 2.16. The minimum absolute atomic E-state index is 0.0866. The number of nitrogens with two attached hydrogens (primary N) is 1. The summed E-state index contributed by atoms with van der Waals surface area (Å²) in [6.45, 7) is 3.40. The zero-order chi connectivity index (χ0) is 9.84. The summed E-state index contributed by atoms with van der Waals surface area (Å²) in [5, 5.41) is 9.07. The molecule has 0 aliphatic carbocycles. The molecule has 76 valence electrons. The molecule has 0 aromatic heterocycles. The van der Waals surface area contributed by atoms with Gasteiger partial charge in [-0.25, -0.2) is 0 Å². The Balaban J connectivity index is 2.46. The molecule has 0 aromatic rings. The molecule has 0 spiro atoms. The third kappa shape index (κ3) is 2.65. The van der Waals surface area contributed by atoms with Gasteiger partial charge >= 0.3 is 0 Å². The van der Waals surface area contributed by atoms with Gasteiger partial charge in [-0.2, -0.15) is 0 Å². The Morgan fingerprint density at radius 3 is 3.08 bits per heavy atom. The van der Waals surface area contributed by atoms with Crippen molar-refractivity contribution in [3.63, 3.8) is 0 Å². The Morgan fingerprint density at radius 2 is 2.54 bits per heavy atom. The quantitative estimate of drug-likeness (QED) is 0.556. The van der Waals surface area contributed by atoms with E-state index in [1.54, 1.807) is 4.90 Å². The Bertz CT molecular complexity index is 184. The lowest BCUT2D eigenvalue weighted by Crippen LogP contribution is -2.50. The van der Waals surface area contributed by atoms with Crippen LogP contribution in [0.3, 0.4) is 0 Å². The fraction of sp³-hybridized carbons (Fsp3) is 0.875. The van der Waals surface area contributed by atoms with Crippen molar-refractivity contribution in [1.29, 1.82) is 0 Å². The van der Waals surface area contributed by atoms with Crippen molar-refractivity contribution in [2.75, 3.05) is 26.2 Å². The number of hydrogen-bond donors (Lipinski definition) is 2. The fourth-order valence-corrected chi connectivity index (χ4v) is 1.33. The molecule has 5 nitrogen and oxygen atoms in total. The monoisotopic (exact) mass is 188 g/mol. The highest BCUT2D eigenvalue weighted by molar-refractivity contribution is 5.80. The second-order valence-corrected chi connectivity index (χ2v) is 3.19. The van der Waals surface area contributed by atoms with Crippen LogP contribution in [0.25, 0.3) is 0 Å². The average molecular weight is 188 g/mol. The third-order valence-electron chi connectivity index (χ3n) is 2.07. The highest BCUT2D eigenvalue weighted by Crippen LogP contribution is 2.05. The van der Waals surface area contributed by atoms with E-state index >= 15 is 0 Å². The van der Waals surface area contributed by atoms with E-state index in [2.05, 4.69) is 0 Å². The molecule has 0 saturated carbocycles. The number of carbonyl (C=O) groups excluding carboxylic acids is 1. The molecular formula is C8H16N2O3. The molecule has 13 heavy (non-hydrogen) atoms. The lowest BCUT2D eigenvalue weighted by molar-refractivity contribution is -0.146. The molecular weight excluding hydrogens is 172 g/mol. The molecule has 5 heteroatoms. The Labute approximate surface area is 77.5 Å². The first kappa shape index (κ1) is 10.4. The SMILES string of the molecule is CC(O)C(=O)N1CCOC(CN)C1. The maximum atomic E-state index is 11.3. The Morgan fingerprint density at radius 1 is 1.85 bits per heavy atom. The van der Waals surface area contributed by atoms with Crippen molar-refractivity contribution in [2.45, 2.75) is 19.1 Å². The van der Waals surface area contributed by atoms with Gasteiger partial charge in [-0.05, 0) is 6.92 Å². The van der Waals surface area contributed by atoms with Crippen LogP contribution in [-0.4, -0.2) is 54.4 Å². The van der Waals surface area contributed by atoms with Gasteiger partial charge < -0.3 is 20.5 Å². The van der Waals surface area contributed by atoms with Gasteiger partial charge in [0.1, 0.15) is 6.10 Å². The molecule has 0 radical (unpaired) electrons. The number of aliphatic hydroxyl groups excluding tert-OH is 1. The molecule has 2 unspecified atom stereocenters. The van der Waals surface area contributed by atoms with E-state index in [9.17, 15) is 4.79 Å². The van der Waals surface area contributed by atoms with Crippen LogP contribution < -0.4 is 5.73 Å². The number of morpholine rings is 1. The molecule has 1 aliphatic heterocycles.